The topological polar surface area (TPSA) is 82.8 Å². The number of hydrogen-bond acceptors (Lipinski definition) is 4. The summed E-state index contributed by atoms with van der Waals surface area (Å²) in [6.07, 6.45) is 3.52. The Bertz CT molecular complexity index is 579. The summed E-state index contributed by atoms with van der Waals surface area (Å²) in [6, 6.07) is 7.13. The Labute approximate surface area is 172 Å². The van der Waals surface area contributed by atoms with E-state index in [1.54, 1.807) is 12.1 Å². The SMILES string of the molecule is CCCNC(=NCc1ccc([N+](=O)[O-])cc1)NCC1CCCN1CC.I. The van der Waals surface area contributed by atoms with Crippen LogP contribution in [0.4, 0.5) is 5.69 Å². The van der Waals surface area contributed by atoms with Crippen LogP contribution in [0.25, 0.3) is 0 Å². The van der Waals surface area contributed by atoms with Crippen LogP contribution >= 0.6 is 24.0 Å². The van der Waals surface area contributed by atoms with Crippen molar-refractivity contribution in [2.45, 2.75) is 45.7 Å². The van der Waals surface area contributed by atoms with Gasteiger partial charge in [-0.05, 0) is 37.9 Å². The van der Waals surface area contributed by atoms with E-state index in [4.69, 9.17) is 0 Å². The number of guanidine groups is 1. The minimum atomic E-state index is -0.385. The zero-order valence-corrected chi connectivity index (χ0v) is 17.9. The average Bonchev–Trinajstić information content (AvgIpc) is 3.09. The smallest absolute Gasteiger partial charge is 0.269 e. The lowest BCUT2D eigenvalue weighted by Gasteiger charge is -2.24. The zero-order chi connectivity index (χ0) is 18.1. The molecule has 146 valence electrons. The van der Waals surface area contributed by atoms with Crippen LogP contribution in [0.5, 0.6) is 0 Å². The highest BCUT2D eigenvalue weighted by Gasteiger charge is 2.22. The van der Waals surface area contributed by atoms with Gasteiger partial charge in [0.05, 0.1) is 11.5 Å². The third-order valence-corrected chi connectivity index (χ3v) is 4.52. The molecule has 0 saturated carbocycles. The van der Waals surface area contributed by atoms with Gasteiger partial charge in [-0.15, -0.1) is 24.0 Å². The largest absolute Gasteiger partial charge is 0.356 e. The Kier molecular flexibility index (Phi) is 10.5. The van der Waals surface area contributed by atoms with Crippen LogP contribution in [-0.2, 0) is 6.54 Å². The Morgan fingerprint density at radius 2 is 2.04 bits per heavy atom. The molecule has 1 aromatic carbocycles. The Balaban J connectivity index is 0.00000338. The summed E-state index contributed by atoms with van der Waals surface area (Å²) >= 11 is 0. The van der Waals surface area contributed by atoms with Gasteiger partial charge in [0.2, 0.25) is 0 Å². The van der Waals surface area contributed by atoms with Crippen LogP contribution in [0.1, 0.15) is 38.7 Å². The van der Waals surface area contributed by atoms with E-state index in [0.29, 0.717) is 12.6 Å². The van der Waals surface area contributed by atoms with Gasteiger partial charge in [-0.3, -0.25) is 15.0 Å². The number of likely N-dealkylation sites (N-methyl/N-ethyl adjacent to an activating group) is 1. The highest BCUT2D eigenvalue weighted by atomic mass is 127. The Hall–Kier alpha value is -1.42. The van der Waals surface area contributed by atoms with Crippen molar-refractivity contribution in [3.8, 4) is 0 Å². The first kappa shape index (κ1) is 22.6. The molecule has 0 aliphatic carbocycles. The molecule has 0 spiro atoms. The Morgan fingerprint density at radius 1 is 1.31 bits per heavy atom. The van der Waals surface area contributed by atoms with Gasteiger partial charge >= 0.3 is 0 Å². The van der Waals surface area contributed by atoms with Gasteiger partial charge < -0.3 is 10.6 Å². The van der Waals surface area contributed by atoms with E-state index >= 15 is 0 Å². The van der Waals surface area contributed by atoms with Gasteiger partial charge in [-0.1, -0.05) is 26.0 Å². The number of non-ortho nitro benzene ring substituents is 1. The van der Waals surface area contributed by atoms with Gasteiger partial charge in [0.1, 0.15) is 0 Å². The minimum Gasteiger partial charge on any atom is -0.356 e. The summed E-state index contributed by atoms with van der Waals surface area (Å²) in [5.74, 6) is 0.808. The molecule has 2 N–H and O–H groups in total. The van der Waals surface area contributed by atoms with Crippen molar-refractivity contribution in [1.29, 1.82) is 0 Å². The van der Waals surface area contributed by atoms with Gasteiger partial charge in [-0.25, -0.2) is 4.99 Å². The van der Waals surface area contributed by atoms with Gasteiger partial charge in [0.25, 0.3) is 5.69 Å². The Morgan fingerprint density at radius 3 is 2.65 bits per heavy atom. The molecule has 1 fully saturated rings. The molecular weight excluding hydrogens is 445 g/mol. The quantitative estimate of drug-likeness (QED) is 0.199. The molecule has 0 aromatic heterocycles. The van der Waals surface area contributed by atoms with E-state index in [1.165, 1.54) is 31.5 Å². The minimum absolute atomic E-state index is 0. The summed E-state index contributed by atoms with van der Waals surface area (Å²) in [5.41, 5.74) is 1.07. The maximum atomic E-state index is 10.7. The zero-order valence-electron chi connectivity index (χ0n) is 15.6. The second-order valence-electron chi connectivity index (χ2n) is 6.32. The monoisotopic (exact) mass is 475 g/mol. The average molecular weight is 475 g/mol. The predicted octanol–water partition coefficient (Wildman–Crippen LogP) is 3.14. The molecule has 1 aromatic rings. The molecule has 7 nitrogen and oxygen atoms in total. The maximum absolute atomic E-state index is 10.7. The van der Waals surface area contributed by atoms with Crippen molar-refractivity contribution < 1.29 is 4.92 Å². The van der Waals surface area contributed by atoms with Crippen molar-refractivity contribution in [3.05, 3.63) is 39.9 Å². The summed E-state index contributed by atoms with van der Waals surface area (Å²) in [6.45, 7) is 8.86. The number of benzene rings is 1. The first-order chi connectivity index (χ1) is 12.1. The summed E-state index contributed by atoms with van der Waals surface area (Å²) in [4.78, 5) is 17.5. The molecule has 26 heavy (non-hydrogen) atoms. The summed E-state index contributed by atoms with van der Waals surface area (Å²) in [5, 5.41) is 17.5. The summed E-state index contributed by atoms with van der Waals surface area (Å²) < 4.78 is 0. The number of nitrogens with one attached hydrogen (secondary N) is 2. The molecule has 8 heteroatoms. The van der Waals surface area contributed by atoms with Crippen LogP contribution in [0.15, 0.2) is 29.3 Å². The van der Waals surface area contributed by atoms with Crippen LogP contribution in [0.3, 0.4) is 0 Å². The lowest BCUT2D eigenvalue weighted by atomic mass is 10.2. The van der Waals surface area contributed by atoms with Gasteiger partial charge in [-0.2, -0.15) is 0 Å². The fourth-order valence-corrected chi connectivity index (χ4v) is 3.07. The molecule has 0 radical (unpaired) electrons. The molecular formula is C18H30IN5O2. The molecule has 1 aliphatic heterocycles. The molecule has 1 heterocycles. The molecule has 1 aliphatic rings. The number of halogens is 1. The van der Waals surface area contributed by atoms with E-state index in [0.717, 1.165) is 37.6 Å². The van der Waals surface area contributed by atoms with E-state index in [9.17, 15) is 10.1 Å². The fraction of sp³-hybridized carbons (Fsp3) is 0.611. The van der Waals surface area contributed by atoms with Crippen LogP contribution in [0, 0.1) is 10.1 Å². The number of aliphatic imine (C=N–C) groups is 1. The normalized spacial score (nSPS) is 17.6. The van der Waals surface area contributed by atoms with E-state index < -0.39 is 0 Å². The predicted molar refractivity (Wildman–Crippen MR) is 116 cm³/mol. The van der Waals surface area contributed by atoms with E-state index in [2.05, 4.69) is 34.4 Å². The number of nitrogens with zero attached hydrogens (tertiary/aromatic N) is 3. The number of hydrogen-bond donors (Lipinski definition) is 2. The van der Waals surface area contributed by atoms with Crippen molar-refractivity contribution in [2.75, 3.05) is 26.2 Å². The maximum Gasteiger partial charge on any atom is 0.269 e. The molecule has 0 bridgehead atoms. The molecule has 1 saturated heterocycles. The van der Waals surface area contributed by atoms with E-state index in [1.807, 2.05) is 0 Å². The van der Waals surface area contributed by atoms with Crippen LogP contribution < -0.4 is 10.6 Å². The first-order valence-corrected chi connectivity index (χ1v) is 9.13. The second kappa shape index (κ2) is 12.1. The highest BCUT2D eigenvalue weighted by molar-refractivity contribution is 14.0. The lowest BCUT2D eigenvalue weighted by molar-refractivity contribution is -0.384. The highest BCUT2D eigenvalue weighted by Crippen LogP contribution is 2.15. The number of likely N-dealkylation sites (tertiary alicyclic amines) is 1. The number of rotatable bonds is 8. The first-order valence-electron chi connectivity index (χ1n) is 9.13. The molecule has 1 atom stereocenters. The second-order valence-corrected chi connectivity index (χ2v) is 6.32. The lowest BCUT2D eigenvalue weighted by Crippen LogP contribution is -2.45. The van der Waals surface area contributed by atoms with Crippen molar-refractivity contribution >= 4 is 35.6 Å². The van der Waals surface area contributed by atoms with Crippen molar-refractivity contribution in [2.24, 2.45) is 4.99 Å². The molecule has 2 rings (SSSR count). The fourth-order valence-electron chi connectivity index (χ4n) is 3.07. The molecule has 1 unspecified atom stereocenters. The molecule has 0 amide bonds. The van der Waals surface area contributed by atoms with Crippen LogP contribution in [-0.4, -0.2) is 48.0 Å². The number of nitro groups is 1. The number of nitro benzene ring substituents is 1. The summed E-state index contributed by atoms with van der Waals surface area (Å²) in [7, 11) is 0. The van der Waals surface area contributed by atoms with Gasteiger partial charge in [0, 0.05) is 31.3 Å². The van der Waals surface area contributed by atoms with Crippen molar-refractivity contribution in [1.82, 2.24) is 15.5 Å². The third-order valence-electron chi connectivity index (χ3n) is 4.52. The van der Waals surface area contributed by atoms with E-state index in [-0.39, 0.29) is 34.6 Å². The van der Waals surface area contributed by atoms with Crippen molar-refractivity contribution in [3.63, 3.8) is 0 Å². The van der Waals surface area contributed by atoms with Crippen LogP contribution in [0.2, 0.25) is 0 Å². The standard InChI is InChI=1S/C18H29N5O2.HI/c1-3-11-19-18(21-14-17-6-5-12-22(17)4-2)20-13-15-7-9-16(10-8-15)23(24)25;/h7-10,17H,3-6,11-14H2,1-2H3,(H2,19,20,21);1H. The van der Waals surface area contributed by atoms with Gasteiger partial charge in [0.15, 0.2) is 5.96 Å². The third kappa shape index (κ3) is 7.06.